The summed E-state index contributed by atoms with van der Waals surface area (Å²) in [4.78, 5) is 9.85. The highest BCUT2D eigenvalue weighted by Gasteiger charge is 2.17. The van der Waals surface area contributed by atoms with E-state index in [1.54, 1.807) is 0 Å². The molecule has 1 aliphatic heterocycles. The van der Waals surface area contributed by atoms with Gasteiger partial charge in [0.1, 0.15) is 0 Å². The van der Waals surface area contributed by atoms with Gasteiger partial charge in [0.15, 0.2) is 5.96 Å². The zero-order chi connectivity index (χ0) is 18.0. The van der Waals surface area contributed by atoms with E-state index in [0.29, 0.717) is 6.04 Å². The maximum absolute atomic E-state index is 4.78. The summed E-state index contributed by atoms with van der Waals surface area (Å²) < 4.78 is 0. The Hall–Kier alpha value is -1.02. The van der Waals surface area contributed by atoms with E-state index in [2.05, 4.69) is 57.7 Å². The average molecular weight is 485 g/mol. The molecule has 6 heteroatoms. The third kappa shape index (κ3) is 7.49. The molecule has 0 unspecified atom stereocenters. The monoisotopic (exact) mass is 485 g/mol. The minimum absolute atomic E-state index is 0. The second-order valence-electron chi connectivity index (χ2n) is 7.40. The summed E-state index contributed by atoms with van der Waals surface area (Å²) in [6, 6.07) is 11.4. The molecule has 1 aromatic carbocycles. The molecule has 0 atom stereocenters. The number of benzene rings is 1. The molecule has 5 nitrogen and oxygen atoms in total. The fourth-order valence-corrected chi connectivity index (χ4v) is 3.94. The number of halogens is 1. The molecule has 2 fully saturated rings. The molecule has 1 saturated carbocycles. The van der Waals surface area contributed by atoms with Crippen LogP contribution in [0.25, 0.3) is 0 Å². The van der Waals surface area contributed by atoms with Crippen molar-refractivity contribution in [1.82, 2.24) is 15.5 Å². The number of guanidine groups is 1. The fourth-order valence-electron chi connectivity index (χ4n) is 3.94. The predicted octanol–water partition coefficient (Wildman–Crippen LogP) is 3.31. The van der Waals surface area contributed by atoms with E-state index >= 15 is 0 Å². The van der Waals surface area contributed by atoms with Crippen LogP contribution in [0, 0.1) is 0 Å². The van der Waals surface area contributed by atoms with Gasteiger partial charge in [0.2, 0.25) is 0 Å². The lowest BCUT2D eigenvalue weighted by atomic mass is 10.2. The predicted molar refractivity (Wildman–Crippen MR) is 126 cm³/mol. The summed E-state index contributed by atoms with van der Waals surface area (Å²) in [6.07, 6.45) is 6.41. The summed E-state index contributed by atoms with van der Waals surface area (Å²) in [5.41, 5.74) is 1.35. The summed E-state index contributed by atoms with van der Waals surface area (Å²) >= 11 is 0. The smallest absolute Gasteiger partial charge is 0.191 e. The molecule has 2 aliphatic rings. The molecule has 0 aromatic heterocycles. The zero-order valence-corrected chi connectivity index (χ0v) is 19.0. The number of para-hydroxylation sites is 1. The first-order valence-corrected chi connectivity index (χ1v) is 10.4. The lowest BCUT2D eigenvalue weighted by Gasteiger charge is -2.36. The van der Waals surface area contributed by atoms with Gasteiger partial charge in [-0.15, -0.1) is 24.0 Å². The summed E-state index contributed by atoms with van der Waals surface area (Å²) in [5.74, 6) is 1.01. The van der Waals surface area contributed by atoms with E-state index in [9.17, 15) is 0 Å². The minimum Gasteiger partial charge on any atom is -0.369 e. The molecule has 1 aromatic rings. The maximum Gasteiger partial charge on any atom is 0.191 e. The average Bonchev–Trinajstić information content (AvgIpc) is 3.19. The van der Waals surface area contributed by atoms with Gasteiger partial charge in [-0.05, 0) is 38.3 Å². The van der Waals surface area contributed by atoms with Crippen molar-refractivity contribution >= 4 is 35.6 Å². The topological polar surface area (TPSA) is 42.9 Å². The molecule has 0 bridgehead atoms. The molecular weight excluding hydrogens is 449 g/mol. The van der Waals surface area contributed by atoms with Gasteiger partial charge >= 0.3 is 0 Å². The van der Waals surface area contributed by atoms with E-state index < -0.39 is 0 Å². The SMILES string of the molecule is CCNC(=NCCCN1CCN(c2ccccc2)CC1)NC1CCCC1.I. The number of anilines is 1. The first-order chi connectivity index (χ1) is 12.8. The van der Waals surface area contributed by atoms with Crippen LogP contribution in [-0.4, -0.2) is 62.7 Å². The number of hydrogen-bond donors (Lipinski definition) is 2. The van der Waals surface area contributed by atoms with Crippen molar-refractivity contribution < 1.29 is 0 Å². The molecule has 2 N–H and O–H groups in total. The van der Waals surface area contributed by atoms with Crippen molar-refractivity contribution in [3.8, 4) is 0 Å². The summed E-state index contributed by atoms with van der Waals surface area (Å²) in [7, 11) is 0. The Bertz CT molecular complexity index is 537. The molecule has 1 heterocycles. The summed E-state index contributed by atoms with van der Waals surface area (Å²) in [5, 5.41) is 6.99. The van der Waals surface area contributed by atoms with Crippen molar-refractivity contribution in [3.05, 3.63) is 30.3 Å². The Labute approximate surface area is 182 Å². The Balaban J connectivity index is 0.00000261. The van der Waals surface area contributed by atoms with Crippen molar-refractivity contribution in [3.63, 3.8) is 0 Å². The molecule has 1 saturated heterocycles. The van der Waals surface area contributed by atoms with Crippen molar-refractivity contribution in [2.24, 2.45) is 4.99 Å². The number of nitrogens with one attached hydrogen (secondary N) is 2. The van der Waals surface area contributed by atoms with Gasteiger partial charge in [0, 0.05) is 57.5 Å². The first-order valence-electron chi connectivity index (χ1n) is 10.4. The van der Waals surface area contributed by atoms with Gasteiger partial charge in [-0.2, -0.15) is 0 Å². The van der Waals surface area contributed by atoms with E-state index in [-0.39, 0.29) is 24.0 Å². The van der Waals surface area contributed by atoms with E-state index in [1.807, 2.05) is 0 Å². The van der Waals surface area contributed by atoms with Crippen LogP contribution in [-0.2, 0) is 0 Å². The molecular formula is C21H36IN5. The third-order valence-electron chi connectivity index (χ3n) is 5.44. The van der Waals surface area contributed by atoms with Crippen LogP contribution in [0.2, 0.25) is 0 Å². The number of rotatable bonds is 7. The normalized spacial score (nSPS) is 19.0. The quantitative estimate of drug-likeness (QED) is 0.269. The highest BCUT2D eigenvalue weighted by molar-refractivity contribution is 14.0. The Morgan fingerprint density at radius 2 is 1.78 bits per heavy atom. The molecule has 152 valence electrons. The van der Waals surface area contributed by atoms with Gasteiger partial charge in [0.05, 0.1) is 0 Å². The minimum atomic E-state index is 0. The van der Waals surface area contributed by atoms with Gasteiger partial charge in [-0.25, -0.2) is 0 Å². The zero-order valence-electron chi connectivity index (χ0n) is 16.7. The second kappa shape index (κ2) is 12.4. The van der Waals surface area contributed by atoms with Crippen LogP contribution in [0.15, 0.2) is 35.3 Å². The standard InChI is InChI=1S/C21H35N5.HI/c1-2-22-21(24-19-9-6-7-10-19)23-13-8-14-25-15-17-26(18-16-25)20-11-4-3-5-12-20;/h3-5,11-12,19H,2,6-10,13-18H2,1H3,(H2,22,23,24);1H. The molecule has 1 aliphatic carbocycles. The van der Waals surface area contributed by atoms with Crippen molar-refractivity contribution in [2.75, 3.05) is 50.7 Å². The number of nitrogens with zero attached hydrogens (tertiary/aromatic N) is 3. The molecule has 0 spiro atoms. The van der Waals surface area contributed by atoms with E-state index in [4.69, 9.17) is 4.99 Å². The fraction of sp³-hybridized carbons (Fsp3) is 0.667. The lowest BCUT2D eigenvalue weighted by molar-refractivity contribution is 0.256. The highest BCUT2D eigenvalue weighted by atomic mass is 127. The van der Waals surface area contributed by atoms with Gasteiger partial charge in [0.25, 0.3) is 0 Å². The first kappa shape index (κ1) is 22.3. The van der Waals surface area contributed by atoms with Crippen LogP contribution in [0.1, 0.15) is 39.0 Å². The molecule has 0 amide bonds. The third-order valence-corrected chi connectivity index (χ3v) is 5.44. The largest absolute Gasteiger partial charge is 0.369 e. The van der Waals surface area contributed by atoms with Crippen LogP contribution >= 0.6 is 24.0 Å². The van der Waals surface area contributed by atoms with Crippen molar-refractivity contribution in [1.29, 1.82) is 0 Å². The lowest BCUT2D eigenvalue weighted by Crippen LogP contribution is -2.46. The number of piperazine rings is 1. The van der Waals surface area contributed by atoms with Crippen LogP contribution in [0.4, 0.5) is 5.69 Å². The maximum atomic E-state index is 4.78. The van der Waals surface area contributed by atoms with Gasteiger partial charge < -0.3 is 15.5 Å². The number of aliphatic imine (C=N–C) groups is 1. The Morgan fingerprint density at radius 1 is 1.07 bits per heavy atom. The van der Waals surface area contributed by atoms with Gasteiger partial charge in [-0.3, -0.25) is 9.89 Å². The van der Waals surface area contributed by atoms with Crippen LogP contribution in [0.5, 0.6) is 0 Å². The molecule has 3 rings (SSSR count). The Morgan fingerprint density at radius 3 is 2.44 bits per heavy atom. The van der Waals surface area contributed by atoms with E-state index in [1.165, 1.54) is 31.4 Å². The van der Waals surface area contributed by atoms with Crippen molar-refractivity contribution in [2.45, 2.75) is 45.1 Å². The second-order valence-corrected chi connectivity index (χ2v) is 7.40. The molecule has 0 radical (unpaired) electrons. The number of hydrogen-bond acceptors (Lipinski definition) is 3. The molecule has 27 heavy (non-hydrogen) atoms. The highest BCUT2D eigenvalue weighted by Crippen LogP contribution is 2.17. The summed E-state index contributed by atoms with van der Waals surface area (Å²) in [6.45, 7) is 9.67. The van der Waals surface area contributed by atoms with Crippen LogP contribution in [0.3, 0.4) is 0 Å². The Kier molecular flexibility index (Phi) is 10.3. The van der Waals surface area contributed by atoms with Crippen LogP contribution < -0.4 is 15.5 Å². The van der Waals surface area contributed by atoms with Gasteiger partial charge in [-0.1, -0.05) is 31.0 Å². The van der Waals surface area contributed by atoms with E-state index in [0.717, 1.165) is 58.2 Å².